The highest BCUT2D eigenvalue weighted by Crippen LogP contribution is 2.37. The van der Waals surface area contributed by atoms with E-state index in [9.17, 15) is 18.0 Å². The van der Waals surface area contributed by atoms with Crippen molar-refractivity contribution < 1.29 is 22.7 Å². The Morgan fingerprint density at radius 3 is 2.47 bits per heavy atom. The van der Waals surface area contributed by atoms with Crippen LogP contribution < -0.4 is 0 Å². The molecule has 2 unspecified atom stereocenters. The number of Topliss-reactive ketones (excluding diaryl/α,β-unsaturated/α-hetero) is 1. The van der Waals surface area contributed by atoms with Gasteiger partial charge in [-0.05, 0) is 25.7 Å². The van der Waals surface area contributed by atoms with Crippen LogP contribution in [-0.4, -0.2) is 38.3 Å². The zero-order valence-corrected chi connectivity index (χ0v) is 11.2. The van der Waals surface area contributed by atoms with Gasteiger partial charge in [0.15, 0.2) is 14.6 Å². The lowest BCUT2D eigenvalue weighted by atomic mass is 9.79. The number of carbonyl (C=O) groups is 2. The number of sulfone groups is 1. The number of rotatable bonds is 3. The molecule has 98 valence electrons. The summed E-state index contributed by atoms with van der Waals surface area (Å²) in [5.41, 5.74) is 0. The highest BCUT2D eigenvalue weighted by molar-refractivity contribution is 7.92. The van der Waals surface area contributed by atoms with Gasteiger partial charge in [-0.3, -0.25) is 9.59 Å². The number of carbonyl (C=O) groups excluding carboxylic acids is 2. The van der Waals surface area contributed by atoms with Crippen LogP contribution in [0, 0.1) is 5.92 Å². The van der Waals surface area contributed by atoms with E-state index in [4.69, 9.17) is 0 Å². The van der Waals surface area contributed by atoms with Crippen LogP contribution in [0.1, 0.15) is 32.6 Å². The van der Waals surface area contributed by atoms with Crippen molar-refractivity contribution in [1.29, 1.82) is 0 Å². The smallest absolute Gasteiger partial charge is 0.327 e. The maximum absolute atomic E-state index is 11.8. The molecule has 0 saturated heterocycles. The number of hydrogen-bond acceptors (Lipinski definition) is 5. The largest absolute Gasteiger partial charge is 0.468 e. The van der Waals surface area contributed by atoms with Gasteiger partial charge in [0.05, 0.1) is 7.11 Å². The molecule has 0 aromatic heterocycles. The zero-order valence-electron chi connectivity index (χ0n) is 10.4. The van der Waals surface area contributed by atoms with E-state index >= 15 is 0 Å². The average molecular weight is 262 g/mol. The predicted molar refractivity (Wildman–Crippen MR) is 62.2 cm³/mol. The first-order chi connectivity index (χ1) is 7.73. The van der Waals surface area contributed by atoms with E-state index in [1.165, 1.54) is 6.92 Å². The Hall–Kier alpha value is -0.910. The first kappa shape index (κ1) is 14.2. The summed E-state index contributed by atoms with van der Waals surface area (Å²) in [5.74, 6) is -1.24. The fourth-order valence-electron chi connectivity index (χ4n) is 2.32. The Labute approximate surface area is 101 Å². The summed E-state index contributed by atoms with van der Waals surface area (Å²) in [6.45, 7) is 1.36. The van der Waals surface area contributed by atoms with Gasteiger partial charge in [0.2, 0.25) is 0 Å². The second-order valence-electron chi connectivity index (χ2n) is 4.70. The fraction of sp³-hybridized carbons (Fsp3) is 0.818. The van der Waals surface area contributed by atoms with Crippen molar-refractivity contribution >= 4 is 21.6 Å². The molecule has 0 bridgehead atoms. The van der Waals surface area contributed by atoms with Gasteiger partial charge in [-0.1, -0.05) is 0 Å². The van der Waals surface area contributed by atoms with Gasteiger partial charge < -0.3 is 4.74 Å². The maximum atomic E-state index is 11.8. The van der Waals surface area contributed by atoms with Crippen LogP contribution in [0.5, 0.6) is 0 Å². The standard InChI is InChI=1S/C11H18O5S/c1-11(10(13)16-2,17(3,14)15)8-5-4-6-9(12)7-8/h8H,4-7H2,1-3H3. The summed E-state index contributed by atoms with van der Waals surface area (Å²) in [5, 5.41) is 0. The first-order valence-electron chi connectivity index (χ1n) is 5.53. The molecule has 0 aromatic rings. The summed E-state index contributed by atoms with van der Waals surface area (Å²) < 4.78 is 26.7. The summed E-state index contributed by atoms with van der Waals surface area (Å²) in [4.78, 5) is 23.2. The first-order valence-corrected chi connectivity index (χ1v) is 7.42. The Morgan fingerprint density at radius 2 is 2.06 bits per heavy atom. The quantitative estimate of drug-likeness (QED) is 0.700. The number of methoxy groups -OCH3 is 1. The van der Waals surface area contributed by atoms with E-state index in [-0.39, 0.29) is 12.2 Å². The normalized spacial score (nSPS) is 25.1. The van der Waals surface area contributed by atoms with E-state index in [0.29, 0.717) is 19.3 Å². The summed E-state index contributed by atoms with van der Waals surface area (Å²) >= 11 is 0. The van der Waals surface area contributed by atoms with Gasteiger partial charge in [-0.15, -0.1) is 0 Å². The Kier molecular flexibility index (Phi) is 3.96. The van der Waals surface area contributed by atoms with Gasteiger partial charge in [0, 0.05) is 19.1 Å². The maximum Gasteiger partial charge on any atom is 0.327 e. The molecule has 1 saturated carbocycles. The van der Waals surface area contributed by atoms with E-state index in [2.05, 4.69) is 4.74 Å². The zero-order chi connectivity index (χ0) is 13.3. The van der Waals surface area contributed by atoms with Crippen molar-refractivity contribution in [1.82, 2.24) is 0 Å². The summed E-state index contributed by atoms with van der Waals surface area (Å²) in [7, 11) is -2.46. The Morgan fingerprint density at radius 1 is 1.47 bits per heavy atom. The molecule has 0 aliphatic heterocycles. The molecule has 0 amide bonds. The van der Waals surface area contributed by atoms with Gasteiger partial charge in [-0.25, -0.2) is 8.42 Å². The van der Waals surface area contributed by atoms with Crippen LogP contribution >= 0.6 is 0 Å². The van der Waals surface area contributed by atoms with Crippen molar-refractivity contribution in [2.24, 2.45) is 5.92 Å². The Balaban J connectivity index is 3.15. The van der Waals surface area contributed by atoms with Gasteiger partial charge in [-0.2, -0.15) is 0 Å². The number of esters is 1. The molecule has 2 atom stereocenters. The molecule has 0 radical (unpaired) electrons. The SMILES string of the molecule is COC(=O)C(C)(C1CCCC(=O)C1)S(C)(=O)=O. The average Bonchev–Trinajstić information content (AvgIpc) is 2.25. The van der Waals surface area contributed by atoms with Gasteiger partial charge in [0.1, 0.15) is 5.78 Å². The van der Waals surface area contributed by atoms with E-state index in [1.54, 1.807) is 0 Å². The Bertz CT molecular complexity index is 425. The van der Waals surface area contributed by atoms with Crippen LogP contribution in [0.15, 0.2) is 0 Å². The van der Waals surface area contributed by atoms with Crippen LogP contribution in [0.4, 0.5) is 0 Å². The minimum atomic E-state index is -3.63. The van der Waals surface area contributed by atoms with Crippen LogP contribution in [0.3, 0.4) is 0 Å². The lowest BCUT2D eigenvalue weighted by Crippen LogP contribution is -2.51. The van der Waals surface area contributed by atoms with Gasteiger partial charge >= 0.3 is 5.97 Å². The van der Waals surface area contributed by atoms with E-state index in [0.717, 1.165) is 13.4 Å². The topological polar surface area (TPSA) is 77.5 Å². The molecule has 0 aromatic carbocycles. The minimum Gasteiger partial charge on any atom is -0.468 e. The molecule has 17 heavy (non-hydrogen) atoms. The molecule has 5 nitrogen and oxygen atoms in total. The molecule has 0 heterocycles. The molecule has 1 fully saturated rings. The van der Waals surface area contributed by atoms with Gasteiger partial charge in [0.25, 0.3) is 0 Å². The van der Waals surface area contributed by atoms with E-state index < -0.39 is 26.5 Å². The number of ether oxygens (including phenoxy) is 1. The fourth-order valence-corrected chi connectivity index (χ4v) is 3.51. The van der Waals surface area contributed by atoms with Crippen molar-refractivity contribution in [2.75, 3.05) is 13.4 Å². The molecular formula is C11H18O5S. The molecular weight excluding hydrogens is 244 g/mol. The second-order valence-corrected chi connectivity index (χ2v) is 7.10. The summed E-state index contributed by atoms with van der Waals surface area (Å²) in [6, 6.07) is 0. The van der Waals surface area contributed by atoms with Crippen LogP contribution in [0.25, 0.3) is 0 Å². The third kappa shape index (κ3) is 2.51. The highest BCUT2D eigenvalue weighted by atomic mass is 32.2. The lowest BCUT2D eigenvalue weighted by molar-refractivity contribution is -0.145. The van der Waals surface area contributed by atoms with Crippen molar-refractivity contribution in [3.8, 4) is 0 Å². The van der Waals surface area contributed by atoms with Crippen LogP contribution in [-0.2, 0) is 24.2 Å². The molecule has 6 heteroatoms. The number of hydrogen-bond donors (Lipinski definition) is 0. The van der Waals surface area contributed by atoms with Crippen molar-refractivity contribution in [3.05, 3.63) is 0 Å². The lowest BCUT2D eigenvalue weighted by Gasteiger charge is -2.35. The molecule has 1 rings (SSSR count). The van der Waals surface area contributed by atoms with Crippen molar-refractivity contribution in [2.45, 2.75) is 37.4 Å². The van der Waals surface area contributed by atoms with E-state index in [1.807, 2.05) is 0 Å². The second kappa shape index (κ2) is 4.76. The molecule has 1 aliphatic carbocycles. The minimum absolute atomic E-state index is 0.0139. The third-order valence-corrected chi connectivity index (χ3v) is 5.66. The third-order valence-electron chi connectivity index (χ3n) is 3.62. The number of ketones is 1. The molecule has 0 N–H and O–H groups in total. The van der Waals surface area contributed by atoms with Crippen molar-refractivity contribution in [3.63, 3.8) is 0 Å². The highest BCUT2D eigenvalue weighted by Gasteiger charge is 2.52. The monoisotopic (exact) mass is 262 g/mol. The molecule has 1 aliphatic rings. The van der Waals surface area contributed by atoms with Crippen LogP contribution in [0.2, 0.25) is 0 Å². The summed E-state index contributed by atoms with van der Waals surface area (Å²) in [6.07, 6.45) is 2.81. The predicted octanol–water partition coefficient (Wildman–Crippen LogP) is 0.722. The molecule has 0 spiro atoms.